The Hall–Kier alpha value is -3.74. The van der Waals surface area contributed by atoms with Crippen LogP contribution < -0.4 is 10.1 Å². The van der Waals surface area contributed by atoms with E-state index in [0.29, 0.717) is 23.1 Å². The van der Waals surface area contributed by atoms with Crippen molar-refractivity contribution in [3.05, 3.63) is 99.6 Å². The van der Waals surface area contributed by atoms with Crippen LogP contribution in [0.5, 0.6) is 5.75 Å². The van der Waals surface area contributed by atoms with E-state index < -0.39 is 17.2 Å². The summed E-state index contributed by atoms with van der Waals surface area (Å²) in [5, 5.41) is 3.37. The van der Waals surface area contributed by atoms with Crippen molar-refractivity contribution in [2.24, 2.45) is 0 Å². The molecule has 0 heterocycles. The maximum atomic E-state index is 14.1. The fourth-order valence-corrected chi connectivity index (χ4v) is 5.41. The molecule has 39 heavy (non-hydrogen) atoms. The summed E-state index contributed by atoms with van der Waals surface area (Å²) in [6.45, 7) is 4.06. The van der Waals surface area contributed by atoms with Crippen molar-refractivity contribution in [2.75, 3.05) is 7.11 Å². The Bertz CT molecular complexity index is 1330. The number of amides is 1. The average molecular weight is 536 g/mol. The molecule has 0 atom stereocenters. The number of rotatable bonds is 9. The first-order valence-corrected chi connectivity index (χ1v) is 13.4. The van der Waals surface area contributed by atoms with Gasteiger partial charge in [0.05, 0.1) is 12.6 Å². The molecule has 0 bridgehead atoms. The zero-order valence-electron chi connectivity index (χ0n) is 22.7. The Morgan fingerprint density at radius 1 is 0.923 bits per heavy atom. The van der Waals surface area contributed by atoms with Crippen molar-refractivity contribution in [2.45, 2.75) is 70.9 Å². The molecule has 0 aromatic heterocycles. The van der Waals surface area contributed by atoms with Gasteiger partial charge >= 0.3 is 5.97 Å². The Morgan fingerprint density at radius 2 is 1.64 bits per heavy atom. The van der Waals surface area contributed by atoms with Gasteiger partial charge in [-0.25, -0.2) is 8.78 Å². The van der Waals surface area contributed by atoms with E-state index in [1.807, 2.05) is 0 Å². The second-order valence-corrected chi connectivity index (χ2v) is 10.4. The highest BCUT2D eigenvalue weighted by Crippen LogP contribution is 2.38. The Balaban J connectivity index is 1.65. The van der Waals surface area contributed by atoms with Crippen molar-refractivity contribution in [1.82, 2.24) is 5.32 Å². The molecule has 3 aromatic rings. The molecule has 5 nitrogen and oxygen atoms in total. The average Bonchev–Trinajstić information content (AvgIpc) is 2.92. The molecule has 1 fully saturated rings. The fraction of sp³-hybridized carbons (Fsp3) is 0.375. The van der Waals surface area contributed by atoms with Crippen molar-refractivity contribution < 1.29 is 27.8 Å². The number of halogens is 2. The summed E-state index contributed by atoms with van der Waals surface area (Å²) >= 11 is 0. The summed E-state index contributed by atoms with van der Waals surface area (Å²) in [6.07, 6.45) is 5.26. The Kier molecular flexibility index (Phi) is 9.00. The highest BCUT2D eigenvalue weighted by atomic mass is 19.1. The minimum Gasteiger partial charge on any atom is -0.486 e. The molecule has 1 aliphatic rings. The van der Waals surface area contributed by atoms with Crippen LogP contribution in [0.15, 0.2) is 54.6 Å². The number of benzene rings is 3. The van der Waals surface area contributed by atoms with Crippen LogP contribution in [0.25, 0.3) is 0 Å². The molecule has 3 aromatic carbocycles. The SMILES string of the molecule is COC(=O)CCc1ccc(COc2cc(F)ccc2F)cc1C(=O)NC1(c2cc(C)cc(C)c2)CCCCC1. The second kappa shape index (κ2) is 12.4. The third-order valence-corrected chi connectivity index (χ3v) is 7.37. The molecule has 0 aliphatic heterocycles. The number of hydrogen-bond acceptors (Lipinski definition) is 4. The number of methoxy groups -OCH3 is 1. The molecule has 4 rings (SSSR count). The topological polar surface area (TPSA) is 64.6 Å². The predicted molar refractivity (Wildman–Crippen MR) is 146 cm³/mol. The van der Waals surface area contributed by atoms with Crippen LogP contribution in [-0.2, 0) is 28.1 Å². The number of ether oxygens (including phenoxy) is 2. The van der Waals surface area contributed by atoms with Crippen molar-refractivity contribution in [1.29, 1.82) is 0 Å². The number of carbonyl (C=O) groups excluding carboxylic acids is 2. The molecule has 0 radical (unpaired) electrons. The normalized spacial score (nSPS) is 14.5. The summed E-state index contributed by atoms with van der Waals surface area (Å²) in [6, 6.07) is 14.7. The van der Waals surface area contributed by atoms with E-state index in [9.17, 15) is 18.4 Å². The highest BCUT2D eigenvalue weighted by molar-refractivity contribution is 5.96. The monoisotopic (exact) mass is 535 g/mol. The molecule has 1 amide bonds. The highest BCUT2D eigenvalue weighted by Gasteiger charge is 2.36. The van der Waals surface area contributed by atoms with Crippen LogP contribution in [0.2, 0.25) is 0 Å². The molecule has 1 saturated carbocycles. The van der Waals surface area contributed by atoms with Crippen LogP contribution in [-0.4, -0.2) is 19.0 Å². The van der Waals surface area contributed by atoms with Crippen LogP contribution in [0, 0.1) is 25.5 Å². The number of nitrogens with one attached hydrogen (secondary N) is 1. The van der Waals surface area contributed by atoms with Crippen LogP contribution in [0.3, 0.4) is 0 Å². The first-order chi connectivity index (χ1) is 18.7. The largest absolute Gasteiger partial charge is 0.486 e. The number of carbonyl (C=O) groups is 2. The molecule has 0 saturated heterocycles. The first-order valence-electron chi connectivity index (χ1n) is 13.4. The van der Waals surface area contributed by atoms with Gasteiger partial charge in [-0.1, -0.05) is 60.7 Å². The van der Waals surface area contributed by atoms with Crippen LogP contribution in [0.4, 0.5) is 8.78 Å². The lowest BCUT2D eigenvalue weighted by Crippen LogP contribution is -2.47. The fourth-order valence-electron chi connectivity index (χ4n) is 5.41. The molecule has 0 unspecified atom stereocenters. The Labute approximate surface area is 228 Å². The lowest BCUT2D eigenvalue weighted by molar-refractivity contribution is -0.140. The zero-order valence-corrected chi connectivity index (χ0v) is 22.7. The minimum atomic E-state index is -0.670. The van der Waals surface area contributed by atoms with Gasteiger partial charge in [0.1, 0.15) is 12.4 Å². The van der Waals surface area contributed by atoms with Crippen molar-refractivity contribution in [3.8, 4) is 5.75 Å². The van der Waals surface area contributed by atoms with Gasteiger partial charge in [0.2, 0.25) is 0 Å². The molecule has 206 valence electrons. The summed E-state index contributed by atoms with van der Waals surface area (Å²) in [5.74, 6) is -2.08. The third kappa shape index (κ3) is 7.02. The van der Waals surface area contributed by atoms with Gasteiger partial charge in [-0.05, 0) is 68.0 Å². The van der Waals surface area contributed by atoms with E-state index in [1.54, 1.807) is 18.2 Å². The molecule has 0 spiro atoms. The van der Waals surface area contributed by atoms with Gasteiger partial charge in [0, 0.05) is 18.1 Å². The van der Waals surface area contributed by atoms with Gasteiger partial charge < -0.3 is 14.8 Å². The lowest BCUT2D eigenvalue weighted by Gasteiger charge is -2.39. The number of esters is 1. The molecule has 1 aliphatic carbocycles. The smallest absolute Gasteiger partial charge is 0.305 e. The standard InChI is InChI=1S/C32H35F2NO4/c1-21-15-22(2)17-25(16-21)32(13-5-4-6-14-32)35-31(37)27-18-23(7-8-24(27)9-12-30(36)38-3)20-39-29-19-26(33)10-11-28(29)34/h7-8,10-11,15-19H,4-6,9,12-14,20H2,1-3H3,(H,35,37). The molecular formula is C32H35F2NO4. The Morgan fingerprint density at radius 3 is 2.33 bits per heavy atom. The third-order valence-electron chi connectivity index (χ3n) is 7.37. The van der Waals surface area contributed by atoms with Gasteiger partial charge in [0.15, 0.2) is 11.6 Å². The molecule has 7 heteroatoms. The van der Waals surface area contributed by atoms with Crippen molar-refractivity contribution in [3.63, 3.8) is 0 Å². The van der Waals surface area contributed by atoms with Crippen molar-refractivity contribution >= 4 is 11.9 Å². The van der Waals surface area contributed by atoms with E-state index >= 15 is 0 Å². The quantitative estimate of drug-likeness (QED) is 0.304. The van der Waals surface area contributed by atoms with Gasteiger partial charge in [-0.3, -0.25) is 9.59 Å². The summed E-state index contributed by atoms with van der Waals surface area (Å²) < 4.78 is 38.0. The van der Waals surface area contributed by atoms with E-state index in [2.05, 4.69) is 37.4 Å². The summed E-state index contributed by atoms with van der Waals surface area (Å²) in [7, 11) is 1.33. The molecular weight excluding hydrogens is 500 g/mol. The van der Waals surface area contributed by atoms with E-state index in [0.717, 1.165) is 67.0 Å². The van der Waals surface area contributed by atoms with Gasteiger partial charge in [-0.15, -0.1) is 0 Å². The van der Waals surface area contributed by atoms with E-state index in [1.165, 1.54) is 7.11 Å². The zero-order chi connectivity index (χ0) is 28.0. The van der Waals surface area contributed by atoms with E-state index in [4.69, 9.17) is 9.47 Å². The first kappa shape index (κ1) is 28.3. The van der Waals surface area contributed by atoms with Crippen LogP contribution >= 0.6 is 0 Å². The minimum absolute atomic E-state index is 0.0554. The van der Waals surface area contributed by atoms with Gasteiger partial charge in [0.25, 0.3) is 5.91 Å². The second-order valence-electron chi connectivity index (χ2n) is 10.4. The molecule has 1 N–H and O–H groups in total. The lowest BCUT2D eigenvalue weighted by atomic mass is 9.75. The van der Waals surface area contributed by atoms with Crippen LogP contribution in [0.1, 0.15) is 76.7 Å². The predicted octanol–water partition coefficient (Wildman–Crippen LogP) is 6.86. The maximum absolute atomic E-state index is 14.1. The summed E-state index contributed by atoms with van der Waals surface area (Å²) in [5.41, 5.74) is 4.64. The summed E-state index contributed by atoms with van der Waals surface area (Å²) in [4.78, 5) is 25.8. The van der Waals surface area contributed by atoms with E-state index in [-0.39, 0.29) is 30.7 Å². The number of aryl methyl sites for hydroxylation is 3. The maximum Gasteiger partial charge on any atom is 0.305 e. The van der Waals surface area contributed by atoms with Gasteiger partial charge in [-0.2, -0.15) is 0 Å². The number of hydrogen-bond donors (Lipinski definition) is 1.